The molecule has 1 aromatic rings. The summed E-state index contributed by atoms with van der Waals surface area (Å²) in [5.74, 6) is -1.05. The summed E-state index contributed by atoms with van der Waals surface area (Å²) in [4.78, 5) is 12.0. The fourth-order valence-electron chi connectivity index (χ4n) is 2.74. The Morgan fingerprint density at radius 3 is 2.78 bits per heavy atom. The highest BCUT2D eigenvalue weighted by atomic mass is 19.3. The van der Waals surface area contributed by atoms with Crippen molar-refractivity contribution in [2.24, 2.45) is 5.92 Å². The van der Waals surface area contributed by atoms with Crippen molar-refractivity contribution >= 4 is 11.7 Å². The van der Waals surface area contributed by atoms with Crippen molar-refractivity contribution in [3.8, 4) is 5.75 Å². The van der Waals surface area contributed by atoms with Gasteiger partial charge in [-0.2, -0.15) is 8.78 Å². The lowest BCUT2D eigenvalue weighted by molar-refractivity contribution is -0.0494. The molecule has 1 aliphatic carbocycles. The zero-order valence-corrected chi connectivity index (χ0v) is 12.4. The van der Waals surface area contributed by atoms with Gasteiger partial charge in [0.2, 0.25) is 0 Å². The van der Waals surface area contributed by atoms with Crippen LogP contribution in [0.25, 0.3) is 0 Å². The Labute approximate surface area is 131 Å². The lowest BCUT2D eigenvalue weighted by Gasteiger charge is -2.30. The van der Waals surface area contributed by atoms with Gasteiger partial charge in [0.25, 0.3) is 0 Å². The van der Waals surface area contributed by atoms with Crippen LogP contribution in [0.2, 0.25) is 0 Å². The maximum absolute atomic E-state index is 13.3. The molecule has 2 amide bonds. The van der Waals surface area contributed by atoms with Gasteiger partial charge in [0.1, 0.15) is 11.6 Å². The normalized spacial score (nSPS) is 21.1. The third-order valence-corrected chi connectivity index (χ3v) is 3.87. The van der Waals surface area contributed by atoms with Gasteiger partial charge in [-0.05, 0) is 25.0 Å². The molecule has 8 heteroatoms. The van der Waals surface area contributed by atoms with E-state index in [1.165, 1.54) is 0 Å². The summed E-state index contributed by atoms with van der Waals surface area (Å²) in [6, 6.07) is 2.03. The van der Waals surface area contributed by atoms with Crippen molar-refractivity contribution in [3.63, 3.8) is 0 Å². The number of urea groups is 1. The van der Waals surface area contributed by atoms with Crippen LogP contribution < -0.4 is 15.4 Å². The number of aliphatic hydroxyl groups excluding tert-OH is 1. The first-order valence-corrected chi connectivity index (χ1v) is 7.42. The summed E-state index contributed by atoms with van der Waals surface area (Å²) in [5, 5.41) is 14.3. The van der Waals surface area contributed by atoms with Gasteiger partial charge in [0.15, 0.2) is 0 Å². The zero-order valence-electron chi connectivity index (χ0n) is 12.4. The molecule has 0 bridgehead atoms. The van der Waals surface area contributed by atoms with Gasteiger partial charge >= 0.3 is 12.6 Å². The Morgan fingerprint density at radius 2 is 2.09 bits per heavy atom. The van der Waals surface area contributed by atoms with Crippen LogP contribution in [0.1, 0.15) is 25.7 Å². The predicted molar refractivity (Wildman–Crippen MR) is 78.0 cm³/mol. The Bertz CT molecular complexity index is 543. The number of amides is 2. The number of nitrogens with one attached hydrogen (secondary N) is 2. The summed E-state index contributed by atoms with van der Waals surface area (Å²) < 4.78 is 42.2. The summed E-state index contributed by atoms with van der Waals surface area (Å²) >= 11 is 0. The number of aliphatic hydroxyl groups is 1. The predicted octanol–water partition coefficient (Wildman–Crippen LogP) is 3.10. The van der Waals surface area contributed by atoms with Gasteiger partial charge in [-0.3, -0.25) is 0 Å². The van der Waals surface area contributed by atoms with Crippen LogP contribution in [0.3, 0.4) is 0 Å². The number of carbonyl (C=O) groups is 1. The van der Waals surface area contributed by atoms with Gasteiger partial charge in [-0.15, -0.1) is 0 Å². The summed E-state index contributed by atoms with van der Waals surface area (Å²) in [7, 11) is 0. The van der Waals surface area contributed by atoms with E-state index in [0.717, 1.165) is 43.9 Å². The number of benzene rings is 1. The van der Waals surface area contributed by atoms with Crippen LogP contribution in [-0.4, -0.2) is 30.4 Å². The number of alkyl halides is 2. The molecule has 2 rings (SSSR count). The standard InChI is InChI=1S/C15H19F3N2O3/c16-10-5-6-13(23-14(17)18)12(7-10)20-15(22)19-11-4-2-1-3-9(11)8-21/h5-7,9,11,14,21H,1-4,8H2,(H2,19,20,22). The molecule has 2 unspecified atom stereocenters. The topological polar surface area (TPSA) is 70.6 Å². The second kappa shape index (κ2) is 8.05. The van der Waals surface area contributed by atoms with Crippen LogP contribution in [0.4, 0.5) is 23.7 Å². The minimum absolute atomic E-state index is 0.0370. The number of rotatable bonds is 5. The van der Waals surface area contributed by atoms with Crippen LogP contribution in [0, 0.1) is 11.7 Å². The minimum Gasteiger partial charge on any atom is -0.433 e. The van der Waals surface area contributed by atoms with E-state index < -0.39 is 18.5 Å². The SMILES string of the molecule is O=C(Nc1cc(F)ccc1OC(F)F)NC1CCCCC1CO. The lowest BCUT2D eigenvalue weighted by Crippen LogP contribution is -2.45. The highest BCUT2D eigenvalue weighted by molar-refractivity contribution is 5.91. The second-order valence-electron chi connectivity index (χ2n) is 5.45. The smallest absolute Gasteiger partial charge is 0.387 e. The Kier molecular flexibility index (Phi) is 6.09. The average Bonchev–Trinajstić information content (AvgIpc) is 2.50. The van der Waals surface area contributed by atoms with Crippen molar-refractivity contribution in [2.45, 2.75) is 38.3 Å². The van der Waals surface area contributed by atoms with E-state index in [-0.39, 0.29) is 30.0 Å². The molecule has 0 heterocycles. The third kappa shape index (κ3) is 5.02. The van der Waals surface area contributed by atoms with E-state index in [1.807, 2.05) is 0 Å². The van der Waals surface area contributed by atoms with Gasteiger partial charge in [0, 0.05) is 24.6 Å². The van der Waals surface area contributed by atoms with E-state index in [2.05, 4.69) is 15.4 Å². The van der Waals surface area contributed by atoms with Crippen LogP contribution in [0.15, 0.2) is 18.2 Å². The van der Waals surface area contributed by atoms with Gasteiger partial charge in [-0.25, -0.2) is 9.18 Å². The molecular weight excluding hydrogens is 313 g/mol. The molecule has 128 valence electrons. The van der Waals surface area contributed by atoms with E-state index in [9.17, 15) is 23.1 Å². The molecule has 5 nitrogen and oxygen atoms in total. The molecule has 1 aliphatic rings. The van der Waals surface area contributed by atoms with Gasteiger partial charge in [-0.1, -0.05) is 12.8 Å². The summed E-state index contributed by atoms with van der Waals surface area (Å²) in [6.07, 6.45) is 3.45. The van der Waals surface area contributed by atoms with Crippen molar-refractivity contribution in [2.75, 3.05) is 11.9 Å². The zero-order chi connectivity index (χ0) is 16.8. The number of halogens is 3. The minimum atomic E-state index is -3.08. The van der Waals surface area contributed by atoms with Crippen molar-refractivity contribution in [1.29, 1.82) is 0 Å². The van der Waals surface area contributed by atoms with Gasteiger partial charge < -0.3 is 20.5 Å². The largest absolute Gasteiger partial charge is 0.433 e. The van der Waals surface area contributed by atoms with E-state index in [0.29, 0.717) is 0 Å². The molecule has 1 aromatic carbocycles. The number of ether oxygens (including phenoxy) is 1. The number of hydrogen-bond acceptors (Lipinski definition) is 3. The quantitative estimate of drug-likeness (QED) is 0.776. The van der Waals surface area contributed by atoms with Gasteiger partial charge in [0.05, 0.1) is 5.69 Å². The molecule has 1 saturated carbocycles. The first-order chi connectivity index (χ1) is 11.0. The van der Waals surface area contributed by atoms with Crippen LogP contribution >= 0.6 is 0 Å². The van der Waals surface area contributed by atoms with E-state index in [4.69, 9.17) is 0 Å². The first kappa shape index (κ1) is 17.4. The highest BCUT2D eigenvalue weighted by Crippen LogP contribution is 2.28. The molecule has 3 N–H and O–H groups in total. The molecular formula is C15H19F3N2O3. The highest BCUT2D eigenvalue weighted by Gasteiger charge is 2.26. The molecule has 0 saturated heterocycles. The van der Waals surface area contributed by atoms with Crippen molar-refractivity contribution in [1.82, 2.24) is 5.32 Å². The monoisotopic (exact) mass is 332 g/mol. The second-order valence-corrected chi connectivity index (χ2v) is 5.45. The Morgan fingerprint density at radius 1 is 1.35 bits per heavy atom. The fraction of sp³-hybridized carbons (Fsp3) is 0.533. The number of anilines is 1. The molecule has 0 aliphatic heterocycles. The Balaban J connectivity index is 2.03. The molecule has 0 spiro atoms. The Hall–Kier alpha value is -1.96. The molecule has 0 aromatic heterocycles. The molecule has 2 atom stereocenters. The summed E-state index contributed by atoms with van der Waals surface area (Å²) in [5.41, 5.74) is -0.181. The van der Waals surface area contributed by atoms with Crippen LogP contribution in [-0.2, 0) is 0 Å². The van der Waals surface area contributed by atoms with Crippen LogP contribution in [0.5, 0.6) is 5.75 Å². The van der Waals surface area contributed by atoms with E-state index >= 15 is 0 Å². The van der Waals surface area contributed by atoms with Crippen molar-refractivity contribution < 1.29 is 27.8 Å². The number of hydrogen-bond donors (Lipinski definition) is 3. The van der Waals surface area contributed by atoms with Crippen molar-refractivity contribution in [3.05, 3.63) is 24.0 Å². The average molecular weight is 332 g/mol. The maximum Gasteiger partial charge on any atom is 0.387 e. The number of carbonyl (C=O) groups excluding carboxylic acids is 1. The third-order valence-electron chi connectivity index (χ3n) is 3.87. The molecule has 23 heavy (non-hydrogen) atoms. The lowest BCUT2D eigenvalue weighted by atomic mass is 9.85. The first-order valence-electron chi connectivity index (χ1n) is 7.42. The maximum atomic E-state index is 13.3. The fourth-order valence-corrected chi connectivity index (χ4v) is 2.74. The molecule has 1 fully saturated rings. The van der Waals surface area contributed by atoms with E-state index in [1.54, 1.807) is 0 Å². The summed E-state index contributed by atoms with van der Waals surface area (Å²) in [6.45, 7) is -3.12. The molecule has 0 radical (unpaired) electrons.